The minimum absolute atomic E-state index is 0.172. The SMILES string of the molecule is CNC(=O)C1COCCN1C(=O)C1=NNC(=O)CC1. The van der Waals surface area contributed by atoms with Crippen LogP contribution in [0.1, 0.15) is 12.8 Å². The topological polar surface area (TPSA) is 100 Å². The van der Waals surface area contributed by atoms with Crippen molar-refractivity contribution in [3.8, 4) is 0 Å². The number of carbonyl (C=O) groups is 3. The van der Waals surface area contributed by atoms with Crippen LogP contribution in [-0.2, 0) is 19.1 Å². The summed E-state index contributed by atoms with van der Waals surface area (Å²) in [4.78, 5) is 36.5. The molecule has 2 heterocycles. The van der Waals surface area contributed by atoms with Crippen molar-refractivity contribution >= 4 is 23.4 Å². The first-order chi connectivity index (χ1) is 9.13. The van der Waals surface area contributed by atoms with Crippen molar-refractivity contribution < 1.29 is 19.1 Å². The van der Waals surface area contributed by atoms with Crippen molar-refractivity contribution in [3.05, 3.63) is 0 Å². The molecule has 3 amide bonds. The van der Waals surface area contributed by atoms with Crippen LogP contribution in [-0.4, -0.2) is 61.2 Å². The lowest BCUT2D eigenvalue weighted by atomic mass is 10.1. The normalized spacial score (nSPS) is 23.4. The summed E-state index contributed by atoms with van der Waals surface area (Å²) in [6.45, 7) is 0.897. The first kappa shape index (κ1) is 13.5. The second-order valence-electron chi connectivity index (χ2n) is 4.30. The number of morpholine rings is 1. The van der Waals surface area contributed by atoms with Crippen molar-refractivity contribution in [2.75, 3.05) is 26.8 Å². The van der Waals surface area contributed by atoms with Crippen LogP contribution >= 0.6 is 0 Å². The largest absolute Gasteiger partial charge is 0.377 e. The summed E-state index contributed by atoms with van der Waals surface area (Å²) < 4.78 is 5.23. The quantitative estimate of drug-likeness (QED) is 0.618. The van der Waals surface area contributed by atoms with Crippen molar-refractivity contribution in [3.63, 3.8) is 0 Å². The van der Waals surface area contributed by atoms with Crippen LogP contribution < -0.4 is 10.7 Å². The van der Waals surface area contributed by atoms with Crippen molar-refractivity contribution in [2.45, 2.75) is 18.9 Å². The van der Waals surface area contributed by atoms with Crippen LogP contribution in [0.25, 0.3) is 0 Å². The van der Waals surface area contributed by atoms with Gasteiger partial charge < -0.3 is 15.0 Å². The molecule has 0 aromatic heterocycles. The first-order valence-electron chi connectivity index (χ1n) is 6.09. The Balaban J connectivity index is 2.11. The van der Waals surface area contributed by atoms with E-state index in [0.29, 0.717) is 19.6 Å². The summed E-state index contributed by atoms with van der Waals surface area (Å²) in [6, 6.07) is -0.647. The molecule has 0 aromatic rings. The van der Waals surface area contributed by atoms with Crippen molar-refractivity contribution in [1.29, 1.82) is 0 Å². The van der Waals surface area contributed by atoms with Crippen molar-refractivity contribution in [1.82, 2.24) is 15.6 Å². The molecule has 0 aliphatic carbocycles. The number of ether oxygens (including phenoxy) is 1. The molecule has 0 spiro atoms. The Labute approximate surface area is 110 Å². The third-order valence-electron chi connectivity index (χ3n) is 3.09. The summed E-state index contributed by atoms with van der Waals surface area (Å²) in [6.07, 6.45) is 0.530. The highest BCUT2D eigenvalue weighted by Crippen LogP contribution is 2.11. The number of nitrogens with zero attached hydrogens (tertiary/aromatic N) is 2. The van der Waals surface area contributed by atoms with Gasteiger partial charge in [0, 0.05) is 26.4 Å². The minimum atomic E-state index is -0.647. The number of amides is 3. The Morgan fingerprint density at radius 2 is 2.26 bits per heavy atom. The molecule has 2 N–H and O–H groups in total. The highest BCUT2D eigenvalue weighted by Gasteiger charge is 2.35. The number of nitrogens with one attached hydrogen (secondary N) is 2. The molecule has 2 aliphatic heterocycles. The fraction of sp³-hybridized carbons (Fsp3) is 0.636. The molecule has 8 heteroatoms. The summed E-state index contributed by atoms with van der Waals surface area (Å²) in [5, 5.41) is 6.27. The summed E-state index contributed by atoms with van der Waals surface area (Å²) in [7, 11) is 1.51. The monoisotopic (exact) mass is 268 g/mol. The maximum absolute atomic E-state index is 12.3. The average Bonchev–Trinajstić information content (AvgIpc) is 2.46. The van der Waals surface area contributed by atoms with E-state index in [4.69, 9.17) is 4.74 Å². The highest BCUT2D eigenvalue weighted by molar-refractivity contribution is 6.39. The van der Waals surface area contributed by atoms with Crippen LogP contribution in [0.5, 0.6) is 0 Å². The molecule has 0 bridgehead atoms. The Morgan fingerprint density at radius 3 is 2.89 bits per heavy atom. The molecule has 1 fully saturated rings. The first-order valence-corrected chi connectivity index (χ1v) is 6.09. The van der Waals surface area contributed by atoms with Gasteiger partial charge in [0.25, 0.3) is 5.91 Å². The molecule has 0 saturated carbocycles. The summed E-state index contributed by atoms with van der Waals surface area (Å²) in [5.74, 6) is -0.799. The maximum atomic E-state index is 12.3. The van der Waals surface area contributed by atoms with Gasteiger partial charge in [0.05, 0.1) is 13.2 Å². The Hall–Kier alpha value is -1.96. The van der Waals surface area contributed by atoms with E-state index < -0.39 is 6.04 Å². The molecule has 104 valence electrons. The van der Waals surface area contributed by atoms with E-state index in [1.807, 2.05) is 0 Å². The third kappa shape index (κ3) is 2.90. The molecular weight excluding hydrogens is 252 g/mol. The average molecular weight is 268 g/mol. The van der Waals surface area contributed by atoms with E-state index in [2.05, 4.69) is 15.8 Å². The number of rotatable bonds is 2. The van der Waals surface area contributed by atoms with E-state index >= 15 is 0 Å². The van der Waals surface area contributed by atoms with Crippen LogP contribution in [0.4, 0.5) is 0 Å². The number of carbonyl (C=O) groups excluding carboxylic acids is 3. The zero-order valence-corrected chi connectivity index (χ0v) is 10.6. The molecular formula is C11H16N4O4. The molecule has 2 aliphatic rings. The van der Waals surface area contributed by atoms with Gasteiger partial charge in [0.2, 0.25) is 11.8 Å². The second kappa shape index (κ2) is 5.79. The lowest BCUT2D eigenvalue weighted by molar-refractivity contribution is -0.143. The predicted octanol–water partition coefficient (Wildman–Crippen LogP) is -1.77. The fourth-order valence-electron chi connectivity index (χ4n) is 2.02. The highest BCUT2D eigenvalue weighted by atomic mass is 16.5. The fourth-order valence-corrected chi connectivity index (χ4v) is 2.02. The number of hydrogen-bond donors (Lipinski definition) is 2. The molecule has 19 heavy (non-hydrogen) atoms. The third-order valence-corrected chi connectivity index (χ3v) is 3.09. The molecule has 1 atom stereocenters. The van der Waals surface area contributed by atoms with Crippen LogP contribution in [0.3, 0.4) is 0 Å². The Bertz CT molecular complexity index is 434. The Kier molecular flexibility index (Phi) is 4.10. The molecule has 1 saturated heterocycles. The van der Waals surface area contributed by atoms with E-state index in [9.17, 15) is 14.4 Å². The van der Waals surface area contributed by atoms with Gasteiger partial charge in [-0.25, -0.2) is 5.43 Å². The van der Waals surface area contributed by atoms with Gasteiger partial charge in [-0.2, -0.15) is 5.10 Å². The van der Waals surface area contributed by atoms with Crippen LogP contribution in [0.2, 0.25) is 0 Å². The molecule has 2 rings (SSSR count). The number of hydrazone groups is 1. The smallest absolute Gasteiger partial charge is 0.270 e. The van der Waals surface area contributed by atoms with Crippen LogP contribution in [0.15, 0.2) is 5.10 Å². The van der Waals surface area contributed by atoms with E-state index in [-0.39, 0.29) is 36.5 Å². The van der Waals surface area contributed by atoms with Gasteiger partial charge in [0.15, 0.2) is 0 Å². The standard InChI is InChI=1S/C11H16N4O4/c1-12-10(17)8-6-19-5-4-15(8)11(18)7-2-3-9(16)14-13-7/h8H,2-6H2,1H3,(H,12,17)(H,14,16). The Morgan fingerprint density at radius 1 is 1.47 bits per heavy atom. The minimum Gasteiger partial charge on any atom is -0.377 e. The zero-order chi connectivity index (χ0) is 13.8. The van der Waals surface area contributed by atoms with Gasteiger partial charge in [-0.1, -0.05) is 0 Å². The van der Waals surface area contributed by atoms with E-state index in [1.54, 1.807) is 0 Å². The van der Waals surface area contributed by atoms with E-state index in [0.717, 1.165) is 0 Å². The van der Waals surface area contributed by atoms with Gasteiger partial charge in [0.1, 0.15) is 11.8 Å². The molecule has 8 nitrogen and oxygen atoms in total. The number of likely N-dealkylation sites (N-methyl/N-ethyl adjacent to an activating group) is 1. The summed E-state index contributed by atoms with van der Waals surface area (Å²) in [5.41, 5.74) is 2.55. The molecule has 0 aromatic carbocycles. The second-order valence-corrected chi connectivity index (χ2v) is 4.30. The lowest BCUT2D eigenvalue weighted by Crippen LogP contribution is -2.57. The summed E-state index contributed by atoms with van der Waals surface area (Å²) >= 11 is 0. The van der Waals surface area contributed by atoms with Gasteiger partial charge in [-0.05, 0) is 0 Å². The van der Waals surface area contributed by atoms with Gasteiger partial charge >= 0.3 is 0 Å². The lowest BCUT2D eigenvalue weighted by Gasteiger charge is -2.34. The molecule has 1 unspecified atom stereocenters. The zero-order valence-electron chi connectivity index (χ0n) is 10.6. The van der Waals surface area contributed by atoms with Crippen LogP contribution in [0, 0.1) is 0 Å². The van der Waals surface area contributed by atoms with Crippen molar-refractivity contribution in [2.24, 2.45) is 5.10 Å². The predicted molar refractivity (Wildman–Crippen MR) is 65.2 cm³/mol. The molecule has 0 radical (unpaired) electrons. The van der Waals surface area contributed by atoms with Gasteiger partial charge in [-0.3, -0.25) is 14.4 Å². The van der Waals surface area contributed by atoms with E-state index in [1.165, 1.54) is 11.9 Å². The number of hydrogen-bond acceptors (Lipinski definition) is 5. The maximum Gasteiger partial charge on any atom is 0.270 e. The van der Waals surface area contributed by atoms with Gasteiger partial charge in [-0.15, -0.1) is 0 Å².